The van der Waals surface area contributed by atoms with Crippen molar-refractivity contribution in [3.05, 3.63) is 35.4 Å². The molecule has 112 valence electrons. The molecule has 1 aliphatic rings. The molecule has 1 N–H and O–H groups in total. The molecule has 1 fully saturated rings. The molecule has 1 aliphatic carbocycles. The molecule has 0 radical (unpaired) electrons. The molecular weight excluding hydrogens is 274 g/mol. The molecule has 0 bridgehead atoms. The second-order valence-electron chi connectivity index (χ2n) is 5.48. The van der Waals surface area contributed by atoms with Crippen LogP contribution < -0.4 is 5.32 Å². The van der Waals surface area contributed by atoms with Gasteiger partial charge < -0.3 is 5.32 Å². The number of hydrogen-bond donors (Lipinski definition) is 1. The van der Waals surface area contributed by atoms with E-state index < -0.39 is 23.6 Å². The van der Waals surface area contributed by atoms with E-state index in [4.69, 9.17) is 0 Å². The highest BCUT2D eigenvalue weighted by atomic mass is 19.1. The van der Waals surface area contributed by atoms with E-state index in [1.54, 1.807) is 0 Å². The number of carbonyl (C=O) groups excluding carboxylic acids is 1. The zero-order valence-corrected chi connectivity index (χ0v) is 11.7. The van der Waals surface area contributed by atoms with Crippen molar-refractivity contribution >= 4 is 5.91 Å². The van der Waals surface area contributed by atoms with Gasteiger partial charge in [0.05, 0.1) is 12.5 Å². The van der Waals surface area contributed by atoms with Crippen molar-refractivity contribution in [1.29, 1.82) is 5.26 Å². The maximum atomic E-state index is 13.5. The first-order valence-electron chi connectivity index (χ1n) is 7.23. The van der Waals surface area contributed by atoms with Gasteiger partial charge in [-0.25, -0.2) is 8.78 Å². The highest BCUT2D eigenvalue weighted by molar-refractivity contribution is 5.79. The van der Waals surface area contributed by atoms with Crippen LogP contribution in [0.15, 0.2) is 18.2 Å². The Hall–Kier alpha value is -1.96. The fourth-order valence-electron chi connectivity index (χ4n) is 2.79. The molecule has 5 heteroatoms. The number of halogens is 2. The Morgan fingerprint density at radius 1 is 1.33 bits per heavy atom. The second kappa shape index (κ2) is 7.16. The van der Waals surface area contributed by atoms with Crippen LogP contribution >= 0.6 is 0 Å². The van der Waals surface area contributed by atoms with Crippen molar-refractivity contribution < 1.29 is 13.6 Å². The van der Waals surface area contributed by atoms with E-state index in [-0.39, 0.29) is 17.9 Å². The van der Waals surface area contributed by atoms with Gasteiger partial charge in [-0.15, -0.1) is 0 Å². The van der Waals surface area contributed by atoms with Crippen molar-refractivity contribution in [2.45, 2.75) is 44.6 Å². The number of benzene rings is 1. The standard InChI is InChI=1S/C16H18F2N2O/c17-13-7-6-12(14(18)9-13)8-16(21)20-15(10-19)11-4-2-1-3-5-11/h6-7,9,11,15H,1-5,8H2,(H,20,21). The molecule has 0 aromatic heterocycles. The summed E-state index contributed by atoms with van der Waals surface area (Å²) in [5.41, 5.74) is 0.134. The first kappa shape index (κ1) is 15.4. The van der Waals surface area contributed by atoms with Crippen molar-refractivity contribution in [2.75, 3.05) is 0 Å². The molecule has 2 rings (SSSR count). The quantitative estimate of drug-likeness (QED) is 0.927. The van der Waals surface area contributed by atoms with Crippen LogP contribution in [0.2, 0.25) is 0 Å². The average molecular weight is 292 g/mol. The third kappa shape index (κ3) is 4.25. The third-order valence-corrected chi connectivity index (χ3v) is 3.94. The minimum atomic E-state index is -0.740. The smallest absolute Gasteiger partial charge is 0.225 e. The molecule has 1 aromatic rings. The summed E-state index contributed by atoms with van der Waals surface area (Å²) in [7, 11) is 0. The van der Waals surface area contributed by atoms with Gasteiger partial charge in [0.25, 0.3) is 0 Å². The molecule has 1 aromatic carbocycles. The fourth-order valence-corrected chi connectivity index (χ4v) is 2.79. The molecule has 21 heavy (non-hydrogen) atoms. The van der Waals surface area contributed by atoms with Crippen LogP contribution in [0.25, 0.3) is 0 Å². The van der Waals surface area contributed by atoms with E-state index in [0.717, 1.165) is 37.8 Å². The second-order valence-corrected chi connectivity index (χ2v) is 5.48. The molecular formula is C16H18F2N2O. The van der Waals surface area contributed by atoms with Crippen LogP contribution in [-0.4, -0.2) is 11.9 Å². The van der Waals surface area contributed by atoms with Gasteiger partial charge in [0.15, 0.2) is 0 Å². The molecule has 1 saturated carbocycles. The van der Waals surface area contributed by atoms with Crippen LogP contribution in [0.4, 0.5) is 8.78 Å². The number of carbonyl (C=O) groups is 1. The van der Waals surface area contributed by atoms with Gasteiger partial charge in [-0.2, -0.15) is 5.26 Å². The van der Waals surface area contributed by atoms with Crippen molar-refractivity contribution in [1.82, 2.24) is 5.32 Å². The molecule has 0 spiro atoms. The number of nitrogens with zero attached hydrogens (tertiary/aromatic N) is 1. The summed E-state index contributed by atoms with van der Waals surface area (Å²) < 4.78 is 26.3. The number of hydrogen-bond acceptors (Lipinski definition) is 2. The Morgan fingerprint density at radius 3 is 2.67 bits per heavy atom. The lowest BCUT2D eigenvalue weighted by Gasteiger charge is -2.26. The minimum Gasteiger partial charge on any atom is -0.340 e. The van der Waals surface area contributed by atoms with Gasteiger partial charge in [0.2, 0.25) is 5.91 Å². The Balaban J connectivity index is 1.95. The van der Waals surface area contributed by atoms with E-state index in [2.05, 4.69) is 11.4 Å². The highest BCUT2D eigenvalue weighted by Crippen LogP contribution is 2.26. The number of rotatable bonds is 4. The summed E-state index contributed by atoms with van der Waals surface area (Å²) >= 11 is 0. The Bertz CT molecular complexity index is 548. The summed E-state index contributed by atoms with van der Waals surface area (Å²) in [6.45, 7) is 0. The van der Waals surface area contributed by atoms with Crippen LogP contribution in [0.5, 0.6) is 0 Å². The zero-order valence-electron chi connectivity index (χ0n) is 11.7. The van der Waals surface area contributed by atoms with Gasteiger partial charge in [0.1, 0.15) is 17.7 Å². The largest absolute Gasteiger partial charge is 0.340 e. The predicted molar refractivity (Wildman–Crippen MR) is 74.2 cm³/mol. The number of nitrogens with one attached hydrogen (secondary N) is 1. The third-order valence-electron chi connectivity index (χ3n) is 3.94. The molecule has 1 unspecified atom stereocenters. The summed E-state index contributed by atoms with van der Waals surface area (Å²) in [5, 5.41) is 11.9. The molecule has 1 atom stereocenters. The van der Waals surface area contributed by atoms with E-state index >= 15 is 0 Å². The van der Waals surface area contributed by atoms with Crippen molar-refractivity contribution in [3.63, 3.8) is 0 Å². The molecule has 1 amide bonds. The average Bonchev–Trinajstić information content (AvgIpc) is 2.48. The fraction of sp³-hybridized carbons (Fsp3) is 0.500. The van der Waals surface area contributed by atoms with E-state index in [1.165, 1.54) is 12.5 Å². The summed E-state index contributed by atoms with van der Waals surface area (Å²) in [6, 6.07) is 4.73. The summed E-state index contributed by atoms with van der Waals surface area (Å²) in [5.74, 6) is -1.64. The molecule has 0 aliphatic heterocycles. The summed E-state index contributed by atoms with van der Waals surface area (Å²) in [4.78, 5) is 11.9. The molecule has 0 saturated heterocycles. The predicted octanol–water partition coefficient (Wildman–Crippen LogP) is 3.10. The SMILES string of the molecule is N#CC(NC(=O)Cc1ccc(F)cc1F)C1CCCCC1. The van der Waals surface area contributed by atoms with Gasteiger partial charge in [-0.1, -0.05) is 25.3 Å². The first-order chi connectivity index (χ1) is 10.1. The van der Waals surface area contributed by atoms with Crippen LogP contribution in [0.1, 0.15) is 37.7 Å². The monoisotopic (exact) mass is 292 g/mol. The van der Waals surface area contributed by atoms with Crippen molar-refractivity contribution in [2.24, 2.45) is 5.92 Å². The van der Waals surface area contributed by atoms with Crippen LogP contribution in [-0.2, 0) is 11.2 Å². The zero-order chi connectivity index (χ0) is 15.2. The van der Waals surface area contributed by atoms with Gasteiger partial charge >= 0.3 is 0 Å². The lowest BCUT2D eigenvalue weighted by Crippen LogP contribution is -2.40. The van der Waals surface area contributed by atoms with Gasteiger partial charge in [0, 0.05) is 6.07 Å². The highest BCUT2D eigenvalue weighted by Gasteiger charge is 2.25. The Kier molecular flexibility index (Phi) is 5.26. The van der Waals surface area contributed by atoms with Crippen LogP contribution in [0.3, 0.4) is 0 Å². The molecule has 0 heterocycles. The van der Waals surface area contributed by atoms with Crippen LogP contribution in [0, 0.1) is 28.9 Å². The van der Waals surface area contributed by atoms with E-state index in [0.29, 0.717) is 0 Å². The maximum absolute atomic E-state index is 13.5. The lowest BCUT2D eigenvalue weighted by molar-refractivity contribution is -0.121. The lowest BCUT2D eigenvalue weighted by atomic mass is 9.84. The Morgan fingerprint density at radius 2 is 2.05 bits per heavy atom. The minimum absolute atomic E-state index is 0.134. The Labute approximate surface area is 123 Å². The number of nitriles is 1. The molecule has 3 nitrogen and oxygen atoms in total. The maximum Gasteiger partial charge on any atom is 0.225 e. The first-order valence-corrected chi connectivity index (χ1v) is 7.23. The van der Waals surface area contributed by atoms with Gasteiger partial charge in [-0.05, 0) is 30.4 Å². The normalized spacial score (nSPS) is 17.0. The topological polar surface area (TPSA) is 52.9 Å². The number of amides is 1. The van der Waals surface area contributed by atoms with E-state index in [9.17, 15) is 18.8 Å². The van der Waals surface area contributed by atoms with E-state index in [1.807, 2.05) is 0 Å². The van der Waals surface area contributed by atoms with Gasteiger partial charge in [-0.3, -0.25) is 4.79 Å². The van der Waals surface area contributed by atoms with Crippen molar-refractivity contribution in [3.8, 4) is 6.07 Å². The summed E-state index contributed by atoms with van der Waals surface area (Å²) in [6.07, 6.45) is 5.00.